The number of carbonyl (C=O) groups excluding carboxylic acids is 2. The lowest BCUT2D eigenvalue weighted by Crippen LogP contribution is -2.46. The van der Waals surface area contributed by atoms with Crippen molar-refractivity contribution in [1.82, 2.24) is 0 Å². The van der Waals surface area contributed by atoms with E-state index in [1.54, 1.807) is 18.2 Å². The molecule has 2 rings (SSSR count). The summed E-state index contributed by atoms with van der Waals surface area (Å²) in [6.45, 7) is 2.94. The van der Waals surface area contributed by atoms with E-state index in [4.69, 9.17) is 5.11 Å². The molecule has 1 N–H and O–H groups in total. The lowest BCUT2D eigenvalue weighted by molar-refractivity contribution is -0.139. The van der Waals surface area contributed by atoms with Gasteiger partial charge in [-0.05, 0) is 32.0 Å². The maximum absolute atomic E-state index is 11.9. The fraction of sp³-hybridized carbons (Fsp3) is 0.308. The number of ketones is 1. The van der Waals surface area contributed by atoms with Crippen molar-refractivity contribution in [2.24, 2.45) is 0 Å². The van der Waals surface area contributed by atoms with Crippen molar-refractivity contribution >= 4 is 35.1 Å². The average Bonchev–Trinajstić information content (AvgIpc) is 2.37. The van der Waals surface area contributed by atoms with Crippen LogP contribution in [0.4, 0.5) is 5.69 Å². The molecule has 1 aromatic rings. The number of hydrogen-bond acceptors (Lipinski definition) is 4. The number of carbonyl (C=O) groups is 3. The molecule has 19 heavy (non-hydrogen) atoms. The van der Waals surface area contributed by atoms with Gasteiger partial charge in [0.05, 0.1) is 11.4 Å². The summed E-state index contributed by atoms with van der Waals surface area (Å²) in [7, 11) is 0. The molecule has 5 nitrogen and oxygen atoms in total. The van der Waals surface area contributed by atoms with Crippen LogP contribution in [0.2, 0.25) is 0 Å². The Morgan fingerprint density at radius 2 is 2.11 bits per heavy atom. The summed E-state index contributed by atoms with van der Waals surface area (Å²) in [4.78, 5) is 36.3. The Labute approximate surface area is 114 Å². The van der Waals surface area contributed by atoms with Gasteiger partial charge in [0.1, 0.15) is 6.04 Å². The molecule has 100 valence electrons. The van der Waals surface area contributed by atoms with Crippen LogP contribution in [0.25, 0.3) is 0 Å². The SMILES string of the molecule is CC(=O)c1ccc2c(c1)SCC(=O)N2C(C)C(=O)O. The third-order valence-electron chi connectivity index (χ3n) is 2.99. The largest absolute Gasteiger partial charge is 0.480 e. The average molecular weight is 279 g/mol. The Hall–Kier alpha value is -1.82. The zero-order valence-corrected chi connectivity index (χ0v) is 11.4. The van der Waals surface area contributed by atoms with Crippen molar-refractivity contribution in [3.05, 3.63) is 23.8 Å². The molecule has 1 aromatic carbocycles. The maximum atomic E-state index is 11.9. The van der Waals surface area contributed by atoms with E-state index in [9.17, 15) is 14.4 Å². The molecule has 0 radical (unpaired) electrons. The first kappa shape index (κ1) is 13.6. The minimum atomic E-state index is -1.05. The van der Waals surface area contributed by atoms with Crippen LogP contribution in [0.5, 0.6) is 0 Å². The van der Waals surface area contributed by atoms with Gasteiger partial charge in [0, 0.05) is 10.5 Å². The predicted octanol–water partition coefficient (Wildman–Crippen LogP) is 1.80. The van der Waals surface area contributed by atoms with Gasteiger partial charge in [0.15, 0.2) is 5.78 Å². The molecule has 0 spiro atoms. The quantitative estimate of drug-likeness (QED) is 0.854. The van der Waals surface area contributed by atoms with Crippen molar-refractivity contribution in [2.75, 3.05) is 10.7 Å². The van der Waals surface area contributed by atoms with Crippen LogP contribution in [-0.2, 0) is 9.59 Å². The van der Waals surface area contributed by atoms with Gasteiger partial charge < -0.3 is 5.11 Å². The second kappa shape index (κ2) is 5.05. The highest BCUT2D eigenvalue weighted by atomic mass is 32.2. The first-order valence-electron chi connectivity index (χ1n) is 5.74. The van der Waals surface area contributed by atoms with Crippen molar-refractivity contribution in [2.45, 2.75) is 24.8 Å². The Morgan fingerprint density at radius 1 is 1.42 bits per heavy atom. The van der Waals surface area contributed by atoms with E-state index in [2.05, 4.69) is 0 Å². The number of carboxylic acid groups (broad SMARTS) is 1. The number of fused-ring (bicyclic) bond motifs is 1. The number of Topliss-reactive ketones (excluding diaryl/α,β-unsaturated/α-hetero) is 1. The molecule has 0 saturated heterocycles. The molecule has 1 aliphatic heterocycles. The zero-order valence-electron chi connectivity index (χ0n) is 10.5. The van der Waals surface area contributed by atoms with Crippen molar-refractivity contribution < 1.29 is 19.5 Å². The summed E-state index contributed by atoms with van der Waals surface area (Å²) < 4.78 is 0. The van der Waals surface area contributed by atoms with Crippen molar-refractivity contribution in [3.8, 4) is 0 Å². The fourth-order valence-electron chi connectivity index (χ4n) is 1.93. The number of nitrogens with zero attached hydrogens (tertiary/aromatic N) is 1. The topological polar surface area (TPSA) is 74.7 Å². The first-order valence-corrected chi connectivity index (χ1v) is 6.73. The number of rotatable bonds is 3. The third-order valence-corrected chi connectivity index (χ3v) is 4.02. The molecule has 0 fully saturated rings. The minimum absolute atomic E-state index is 0.0573. The standard InChI is InChI=1S/C13H13NO4S/c1-7(13(17)18)14-10-4-3-9(8(2)15)5-11(10)19-6-12(14)16/h3-5,7H,6H2,1-2H3,(H,17,18). The second-order valence-corrected chi connectivity index (χ2v) is 5.32. The van der Waals surface area contributed by atoms with Crippen LogP contribution >= 0.6 is 11.8 Å². The molecule has 0 saturated carbocycles. The van der Waals surface area contributed by atoms with Gasteiger partial charge in [-0.2, -0.15) is 0 Å². The summed E-state index contributed by atoms with van der Waals surface area (Å²) in [5.74, 6) is -1.16. The van der Waals surface area contributed by atoms with Crippen LogP contribution in [-0.4, -0.2) is 34.6 Å². The zero-order chi connectivity index (χ0) is 14.2. The highest BCUT2D eigenvalue weighted by Crippen LogP contribution is 2.37. The molecule has 1 unspecified atom stereocenters. The molecular formula is C13H13NO4S. The van der Waals surface area contributed by atoms with Gasteiger partial charge in [0.2, 0.25) is 5.91 Å². The summed E-state index contributed by atoms with van der Waals surface area (Å²) in [5, 5.41) is 9.07. The normalized spacial score (nSPS) is 15.9. The predicted molar refractivity (Wildman–Crippen MR) is 71.8 cm³/mol. The molecule has 1 atom stereocenters. The minimum Gasteiger partial charge on any atom is -0.480 e. The van der Waals surface area contributed by atoms with Gasteiger partial charge in [-0.1, -0.05) is 0 Å². The molecule has 1 amide bonds. The van der Waals surface area contributed by atoms with Gasteiger partial charge in [-0.3, -0.25) is 14.5 Å². The number of thioether (sulfide) groups is 1. The van der Waals surface area contributed by atoms with E-state index in [0.717, 1.165) is 4.90 Å². The van der Waals surface area contributed by atoms with Crippen LogP contribution in [0, 0.1) is 0 Å². The Morgan fingerprint density at radius 3 is 2.68 bits per heavy atom. The summed E-state index contributed by atoms with van der Waals surface area (Å²) in [6.07, 6.45) is 0. The number of aliphatic carboxylic acids is 1. The first-order chi connectivity index (χ1) is 8.91. The Bertz CT molecular complexity index is 570. The molecular weight excluding hydrogens is 266 g/mol. The van der Waals surface area contributed by atoms with Crippen LogP contribution in [0.1, 0.15) is 24.2 Å². The van der Waals surface area contributed by atoms with Gasteiger partial charge in [0.25, 0.3) is 0 Å². The molecule has 0 aliphatic carbocycles. The summed E-state index contributed by atoms with van der Waals surface area (Å²) >= 11 is 1.32. The van der Waals surface area contributed by atoms with Crippen LogP contribution < -0.4 is 4.90 Å². The maximum Gasteiger partial charge on any atom is 0.326 e. The molecule has 6 heteroatoms. The van der Waals surface area contributed by atoms with Gasteiger partial charge >= 0.3 is 5.97 Å². The van der Waals surface area contributed by atoms with Crippen LogP contribution in [0.3, 0.4) is 0 Å². The Kier molecular flexibility index (Phi) is 3.61. The monoisotopic (exact) mass is 279 g/mol. The Balaban J connectivity index is 2.48. The van der Waals surface area contributed by atoms with E-state index in [-0.39, 0.29) is 17.4 Å². The number of amides is 1. The van der Waals surface area contributed by atoms with E-state index in [0.29, 0.717) is 11.3 Å². The number of carboxylic acids is 1. The molecule has 1 aliphatic rings. The molecule has 0 bridgehead atoms. The highest BCUT2D eigenvalue weighted by Gasteiger charge is 2.32. The summed E-state index contributed by atoms with van der Waals surface area (Å²) in [5.41, 5.74) is 1.12. The molecule has 0 aromatic heterocycles. The fourth-order valence-corrected chi connectivity index (χ4v) is 2.87. The second-order valence-electron chi connectivity index (χ2n) is 4.31. The van der Waals surface area contributed by atoms with E-state index in [1.807, 2.05) is 0 Å². The smallest absolute Gasteiger partial charge is 0.326 e. The van der Waals surface area contributed by atoms with E-state index < -0.39 is 12.0 Å². The third kappa shape index (κ3) is 2.49. The van der Waals surface area contributed by atoms with Gasteiger partial charge in [-0.15, -0.1) is 11.8 Å². The van der Waals surface area contributed by atoms with Gasteiger partial charge in [-0.25, -0.2) is 4.79 Å². The molecule has 1 heterocycles. The number of anilines is 1. The van der Waals surface area contributed by atoms with Crippen molar-refractivity contribution in [1.29, 1.82) is 0 Å². The number of hydrogen-bond donors (Lipinski definition) is 1. The van der Waals surface area contributed by atoms with E-state index in [1.165, 1.54) is 30.5 Å². The summed E-state index contributed by atoms with van der Waals surface area (Å²) in [6, 6.07) is 4.03. The lowest BCUT2D eigenvalue weighted by atomic mass is 10.1. The lowest BCUT2D eigenvalue weighted by Gasteiger charge is -2.32. The van der Waals surface area contributed by atoms with E-state index >= 15 is 0 Å². The highest BCUT2D eigenvalue weighted by molar-refractivity contribution is 8.00. The van der Waals surface area contributed by atoms with Crippen molar-refractivity contribution in [3.63, 3.8) is 0 Å². The van der Waals surface area contributed by atoms with Crippen LogP contribution in [0.15, 0.2) is 23.1 Å². The number of benzene rings is 1.